The number of aliphatic hydroxyl groups excluding tert-OH is 1. The van der Waals surface area contributed by atoms with Crippen LogP contribution in [0, 0.1) is 11.8 Å². The fraction of sp³-hybridized carbons (Fsp3) is 0.792. The smallest absolute Gasteiger partial charge is 0.305 e. The second kappa shape index (κ2) is 13.8. The van der Waals surface area contributed by atoms with Crippen molar-refractivity contribution in [2.24, 2.45) is 11.8 Å². The van der Waals surface area contributed by atoms with E-state index in [1.807, 2.05) is 6.92 Å². The Morgan fingerprint density at radius 1 is 0.579 bits per heavy atom. The number of carbonyl (C=O) groups is 5. The van der Waals surface area contributed by atoms with Gasteiger partial charge in [0.25, 0.3) is 0 Å². The van der Waals surface area contributed by atoms with Crippen molar-refractivity contribution in [3.05, 3.63) is 0 Å². The van der Waals surface area contributed by atoms with Gasteiger partial charge in [0.1, 0.15) is 6.10 Å². The Kier molecular flexibility index (Phi) is 11.4. The van der Waals surface area contributed by atoms with Crippen LogP contribution in [-0.4, -0.2) is 97.4 Å². The molecule has 216 valence electrons. The van der Waals surface area contributed by atoms with Crippen LogP contribution in [-0.2, 0) is 61.9 Å². The van der Waals surface area contributed by atoms with Gasteiger partial charge in [0.15, 0.2) is 30.7 Å². The summed E-state index contributed by atoms with van der Waals surface area (Å²) < 4.78 is 44.0. The maximum Gasteiger partial charge on any atom is 0.305 e. The van der Waals surface area contributed by atoms with Crippen LogP contribution < -0.4 is 0 Å². The molecule has 1 N–H and O–H groups in total. The van der Waals surface area contributed by atoms with Crippen LogP contribution in [0.2, 0.25) is 0 Å². The maximum atomic E-state index is 11.9. The molecule has 0 aromatic carbocycles. The molecule has 0 amide bonds. The molecule has 0 unspecified atom stereocenters. The summed E-state index contributed by atoms with van der Waals surface area (Å²) in [5, 5.41) is 9.89. The molecule has 0 aliphatic carbocycles. The quantitative estimate of drug-likeness (QED) is 0.301. The fourth-order valence-corrected chi connectivity index (χ4v) is 4.39. The van der Waals surface area contributed by atoms with Gasteiger partial charge in [-0.25, -0.2) is 0 Å². The van der Waals surface area contributed by atoms with Crippen LogP contribution in [0.15, 0.2) is 0 Å². The van der Waals surface area contributed by atoms with E-state index in [4.69, 9.17) is 37.9 Å². The van der Waals surface area contributed by atoms with E-state index in [1.54, 1.807) is 6.92 Å². The highest BCUT2D eigenvalue weighted by molar-refractivity contribution is 5.68. The first kappa shape index (κ1) is 31.4. The van der Waals surface area contributed by atoms with Gasteiger partial charge in [-0.2, -0.15) is 0 Å². The number of aliphatic hydroxyl groups is 1. The molecule has 10 atom stereocenters. The Balaban J connectivity index is 2.29. The Hall–Kier alpha value is -2.81. The van der Waals surface area contributed by atoms with Crippen LogP contribution in [0.1, 0.15) is 48.5 Å². The molecule has 2 aliphatic heterocycles. The Labute approximate surface area is 220 Å². The van der Waals surface area contributed by atoms with Gasteiger partial charge in [-0.1, -0.05) is 13.8 Å². The molecule has 14 heteroatoms. The first-order chi connectivity index (χ1) is 17.7. The first-order valence-electron chi connectivity index (χ1n) is 12.1. The molecular weight excluding hydrogens is 512 g/mol. The number of hydrogen-bond acceptors (Lipinski definition) is 14. The zero-order valence-corrected chi connectivity index (χ0v) is 22.4. The predicted octanol–water partition coefficient (Wildman–Crippen LogP) is 0.00720. The highest BCUT2D eigenvalue weighted by atomic mass is 16.8. The molecule has 14 nitrogen and oxygen atoms in total. The summed E-state index contributed by atoms with van der Waals surface area (Å²) in [6.07, 6.45) is -9.39. The summed E-state index contributed by atoms with van der Waals surface area (Å²) in [7, 11) is 0. The molecule has 0 spiro atoms. The monoisotopic (exact) mass is 548 g/mol. The normalized spacial score (nSPS) is 34.9. The second-order valence-corrected chi connectivity index (χ2v) is 9.23. The van der Waals surface area contributed by atoms with E-state index in [0.29, 0.717) is 0 Å². The van der Waals surface area contributed by atoms with E-state index >= 15 is 0 Å². The fourth-order valence-electron chi connectivity index (χ4n) is 4.39. The third kappa shape index (κ3) is 8.35. The highest BCUT2D eigenvalue weighted by Crippen LogP contribution is 2.35. The van der Waals surface area contributed by atoms with Crippen molar-refractivity contribution in [3.63, 3.8) is 0 Å². The van der Waals surface area contributed by atoms with E-state index in [-0.39, 0.29) is 18.4 Å². The van der Waals surface area contributed by atoms with Crippen LogP contribution in [0.4, 0.5) is 0 Å². The number of esters is 5. The zero-order chi connectivity index (χ0) is 28.7. The van der Waals surface area contributed by atoms with Gasteiger partial charge in [-0.3, -0.25) is 24.0 Å². The van der Waals surface area contributed by atoms with Gasteiger partial charge in [-0.05, 0) is 5.92 Å². The van der Waals surface area contributed by atoms with Crippen molar-refractivity contribution in [2.45, 2.75) is 97.7 Å². The minimum absolute atomic E-state index is 0.193. The van der Waals surface area contributed by atoms with Gasteiger partial charge in [0.2, 0.25) is 6.29 Å². The molecule has 0 radical (unpaired) electrons. The third-order valence-electron chi connectivity index (χ3n) is 6.20. The van der Waals surface area contributed by atoms with Gasteiger partial charge < -0.3 is 43.0 Å². The van der Waals surface area contributed by atoms with E-state index in [1.165, 1.54) is 13.8 Å². The molecule has 2 rings (SSSR count). The van der Waals surface area contributed by atoms with Crippen LogP contribution in [0.25, 0.3) is 0 Å². The topological polar surface area (TPSA) is 179 Å². The number of ether oxygens (including phenoxy) is 8. The molecule has 2 saturated heterocycles. The minimum atomic E-state index is -1.38. The second-order valence-electron chi connectivity index (χ2n) is 9.23. The van der Waals surface area contributed by atoms with Crippen LogP contribution in [0.3, 0.4) is 0 Å². The third-order valence-corrected chi connectivity index (χ3v) is 6.20. The standard InChI is InChI=1S/C24H36O14/c1-10-11(2)19(32-12(3)26)24(36-16(7)30)38-18(10)9-31-23-22(35-15(6)29)21(34-14(5)28)20(33-13(4)27)17(8-25)37-23/h10-11,17-25H,8-9H2,1-7H3/t10-,11-,17+,18+,19+,20+,21-,22+,23+,24+/m0/s1. The average molecular weight is 549 g/mol. The molecule has 0 saturated carbocycles. The molecule has 0 bridgehead atoms. The Bertz CT molecular complexity index is 874. The maximum absolute atomic E-state index is 11.9. The lowest BCUT2D eigenvalue weighted by Crippen LogP contribution is -2.63. The zero-order valence-electron chi connectivity index (χ0n) is 22.4. The van der Waals surface area contributed by atoms with Crippen LogP contribution in [0.5, 0.6) is 0 Å². The summed E-state index contributed by atoms with van der Waals surface area (Å²) in [6, 6.07) is 0. The highest BCUT2D eigenvalue weighted by Gasteiger charge is 2.53. The molecule has 0 aromatic heterocycles. The Morgan fingerprint density at radius 3 is 1.53 bits per heavy atom. The summed E-state index contributed by atoms with van der Waals surface area (Å²) in [5.74, 6) is -4.09. The molecule has 2 aliphatic rings. The number of carbonyl (C=O) groups excluding carboxylic acids is 5. The van der Waals surface area contributed by atoms with E-state index in [0.717, 1.165) is 20.8 Å². The van der Waals surface area contributed by atoms with Gasteiger partial charge >= 0.3 is 29.8 Å². The lowest BCUT2D eigenvalue weighted by atomic mass is 9.83. The van der Waals surface area contributed by atoms with E-state index in [2.05, 4.69) is 0 Å². The van der Waals surface area contributed by atoms with Crippen LogP contribution >= 0.6 is 0 Å². The van der Waals surface area contributed by atoms with Crippen molar-refractivity contribution in [1.29, 1.82) is 0 Å². The SMILES string of the molecule is CC(=O)O[C@@H]1O[C@H](CO[C@@H]2O[C@H](CO)[C@@H](OC(C)=O)[C@H](OC(C)=O)[C@H]2OC(C)=O)[C@@H](C)[C@H](C)[C@H]1OC(C)=O. The van der Waals surface area contributed by atoms with Crippen molar-refractivity contribution >= 4 is 29.8 Å². The molecule has 2 heterocycles. The largest absolute Gasteiger partial charge is 0.456 e. The lowest BCUT2D eigenvalue weighted by molar-refractivity contribution is -0.322. The van der Waals surface area contributed by atoms with Gasteiger partial charge in [0, 0.05) is 40.5 Å². The van der Waals surface area contributed by atoms with Crippen molar-refractivity contribution in [3.8, 4) is 0 Å². The average Bonchev–Trinajstić information content (AvgIpc) is 2.79. The predicted molar refractivity (Wildman–Crippen MR) is 123 cm³/mol. The first-order valence-corrected chi connectivity index (χ1v) is 12.1. The summed E-state index contributed by atoms with van der Waals surface area (Å²) >= 11 is 0. The molecule has 38 heavy (non-hydrogen) atoms. The van der Waals surface area contributed by atoms with Crippen molar-refractivity contribution in [2.75, 3.05) is 13.2 Å². The van der Waals surface area contributed by atoms with E-state index < -0.39 is 85.7 Å². The molecule has 0 aromatic rings. The van der Waals surface area contributed by atoms with Gasteiger partial charge in [0.05, 0.1) is 19.3 Å². The van der Waals surface area contributed by atoms with E-state index in [9.17, 15) is 29.1 Å². The number of rotatable bonds is 9. The van der Waals surface area contributed by atoms with Crippen molar-refractivity contribution < 1.29 is 67.0 Å². The Morgan fingerprint density at radius 2 is 1.03 bits per heavy atom. The molecule has 2 fully saturated rings. The summed E-state index contributed by atoms with van der Waals surface area (Å²) in [5.41, 5.74) is 0. The summed E-state index contributed by atoms with van der Waals surface area (Å²) in [4.78, 5) is 58.7. The van der Waals surface area contributed by atoms with Gasteiger partial charge in [-0.15, -0.1) is 0 Å². The van der Waals surface area contributed by atoms with Crippen molar-refractivity contribution in [1.82, 2.24) is 0 Å². The summed E-state index contributed by atoms with van der Waals surface area (Å²) in [6.45, 7) is 8.55. The lowest BCUT2D eigenvalue weighted by Gasteiger charge is -2.45. The minimum Gasteiger partial charge on any atom is -0.456 e. The number of hydrogen-bond donors (Lipinski definition) is 1. The molecular formula is C24H36O14.